The van der Waals surface area contributed by atoms with E-state index in [-0.39, 0.29) is 16.8 Å². The molecule has 0 amide bonds. The van der Waals surface area contributed by atoms with E-state index in [2.05, 4.69) is 25.7 Å². The first-order valence-corrected chi connectivity index (χ1v) is 4.41. The zero-order chi connectivity index (χ0) is 9.28. The molecule has 0 heterocycles. The highest BCUT2D eigenvalue weighted by molar-refractivity contribution is 5.76. The second-order valence-corrected chi connectivity index (χ2v) is 2.96. The molecule has 6 radical (unpaired) electrons. The standard InChI is InChI=1S/C6H15N.C3H9N.2B/c1-4-7(5-2)6-3;1-4(2)3;;/h4-6H2,1-3H3;1-3H3;;. The Kier molecular flexibility index (Phi) is 32.0. The van der Waals surface area contributed by atoms with Crippen molar-refractivity contribution in [1.29, 1.82) is 0 Å². The Morgan fingerprint density at radius 1 is 0.692 bits per heavy atom. The van der Waals surface area contributed by atoms with Gasteiger partial charge in [-0.05, 0) is 40.8 Å². The monoisotopic (exact) mass is 182 g/mol. The average Bonchev–Trinajstić information content (AvgIpc) is 1.90. The number of hydrogen-bond acceptors (Lipinski definition) is 2. The molecule has 0 aliphatic carbocycles. The van der Waals surface area contributed by atoms with Gasteiger partial charge >= 0.3 is 0 Å². The number of nitrogens with zero attached hydrogens (tertiary/aromatic N) is 2. The Labute approximate surface area is 88.8 Å². The van der Waals surface area contributed by atoms with Crippen LogP contribution in [-0.4, -0.2) is 67.4 Å². The summed E-state index contributed by atoms with van der Waals surface area (Å²) >= 11 is 0. The number of hydrogen-bond donors (Lipinski definition) is 0. The van der Waals surface area contributed by atoms with Gasteiger partial charge in [-0.2, -0.15) is 0 Å². The lowest BCUT2D eigenvalue weighted by atomic mass is 10.5. The van der Waals surface area contributed by atoms with E-state index >= 15 is 0 Å². The van der Waals surface area contributed by atoms with Gasteiger partial charge in [0.2, 0.25) is 0 Å². The average molecular weight is 182 g/mol. The summed E-state index contributed by atoms with van der Waals surface area (Å²) in [5.41, 5.74) is 0. The molecule has 0 saturated carbocycles. The predicted octanol–water partition coefficient (Wildman–Crippen LogP) is 0.764. The van der Waals surface area contributed by atoms with Gasteiger partial charge in [0, 0.05) is 16.8 Å². The van der Waals surface area contributed by atoms with Crippen LogP contribution in [0.4, 0.5) is 0 Å². The molecule has 76 valence electrons. The Hall–Kier alpha value is 0.0499. The van der Waals surface area contributed by atoms with Crippen molar-refractivity contribution in [2.75, 3.05) is 40.8 Å². The van der Waals surface area contributed by atoms with Crippen LogP contribution >= 0.6 is 0 Å². The Bertz CT molecular complexity index is 58.4. The van der Waals surface area contributed by atoms with Crippen LogP contribution in [-0.2, 0) is 0 Å². The van der Waals surface area contributed by atoms with Gasteiger partial charge in [0.1, 0.15) is 0 Å². The van der Waals surface area contributed by atoms with Crippen molar-refractivity contribution < 1.29 is 0 Å². The SMILES string of the molecule is CCN(CC)CC.CN(C)C.[B].[B]. The minimum Gasteiger partial charge on any atom is -0.312 e. The zero-order valence-electron chi connectivity index (χ0n) is 10.2. The molecule has 0 saturated heterocycles. The molecule has 0 aromatic rings. The van der Waals surface area contributed by atoms with Gasteiger partial charge in [-0.15, -0.1) is 0 Å². The second kappa shape index (κ2) is 18.0. The maximum atomic E-state index is 2.38. The van der Waals surface area contributed by atoms with Crippen LogP contribution in [0.15, 0.2) is 0 Å². The van der Waals surface area contributed by atoms with Gasteiger partial charge < -0.3 is 9.80 Å². The highest BCUT2D eigenvalue weighted by Gasteiger charge is 1.89. The fourth-order valence-electron chi connectivity index (χ4n) is 0.671. The summed E-state index contributed by atoms with van der Waals surface area (Å²) in [4.78, 5) is 4.38. The highest BCUT2D eigenvalue weighted by Crippen LogP contribution is 1.81. The van der Waals surface area contributed by atoms with Gasteiger partial charge in [-0.1, -0.05) is 20.8 Å². The molecule has 0 spiro atoms. The molecule has 0 atom stereocenters. The van der Waals surface area contributed by atoms with Gasteiger partial charge in [-0.25, -0.2) is 0 Å². The normalized spacial score (nSPS) is 8.31. The minimum absolute atomic E-state index is 0. The van der Waals surface area contributed by atoms with E-state index < -0.39 is 0 Å². The molecule has 0 bridgehead atoms. The lowest BCUT2D eigenvalue weighted by molar-refractivity contribution is 0.321. The van der Waals surface area contributed by atoms with Crippen molar-refractivity contribution in [2.24, 2.45) is 0 Å². The predicted molar refractivity (Wildman–Crippen MR) is 64.6 cm³/mol. The van der Waals surface area contributed by atoms with E-state index in [1.807, 2.05) is 26.0 Å². The maximum Gasteiger partial charge on any atom is 0 e. The summed E-state index contributed by atoms with van der Waals surface area (Å²) in [5, 5.41) is 0. The van der Waals surface area contributed by atoms with Crippen molar-refractivity contribution in [2.45, 2.75) is 20.8 Å². The topological polar surface area (TPSA) is 6.48 Å². The quantitative estimate of drug-likeness (QED) is 0.594. The third-order valence-corrected chi connectivity index (χ3v) is 1.34. The molecule has 0 aromatic carbocycles. The second-order valence-electron chi connectivity index (χ2n) is 2.96. The van der Waals surface area contributed by atoms with Crippen molar-refractivity contribution in [3.63, 3.8) is 0 Å². The summed E-state index contributed by atoms with van der Waals surface area (Å²) in [5.74, 6) is 0. The van der Waals surface area contributed by atoms with E-state index in [9.17, 15) is 0 Å². The Balaban J connectivity index is -0.0000000600. The fraction of sp³-hybridized carbons (Fsp3) is 1.00. The van der Waals surface area contributed by atoms with Gasteiger partial charge in [-0.3, -0.25) is 0 Å². The Morgan fingerprint density at radius 2 is 0.846 bits per heavy atom. The fourth-order valence-corrected chi connectivity index (χ4v) is 0.671. The lowest BCUT2D eigenvalue weighted by Gasteiger charge is -2.13. The molecule has 0 rings (SSSR count). The maximum absolute atomic E-state index is 2.38. The van der Waals surface area contributed by atoms with E-state index in [4.69, 9.17) is 0 Å². The van der Waals surface area contributed by atoms with E-state index in [1.54, 1.807) is 0 Å². The first-order chi connectivity index (χ1) is 5.08. The summed E-state index contributed by atoms with van der Waals surface area (Å²) in [6, 6.07) is 0. The third kappa shape index (κ3) is 33.3. The van der Waals surface area contributed by atoms with E-state index in [0.29, 0.717) is 0 Å². The summed E-state index contributed by atoms with van der Waals surface area (Å²) in [7, 11) is 6.00. The molecule has 0 fully saturated rings. The molecule has 0 aliphatic rings. The molecular formula is C9H24B2N2. The third-order valence-electron chi connectivity index (χ3n) is 1.34. The molecule has 4 heteroatoms. The van der Waals surface area contributed by atoms with E-state index in [1.165, 1.54) is 19.6 Å². The first-order valence-electron chi connectivity index (χ1n) is 4.41. The van der Waals surface area contributed by atoms with Crippen LogP contribution in [0.5, 0.6) is 0 Å². The smallest absolute Gasteiger partial charge is 0 e. The van der Waals surface area contributed by atoms with Crippen molar-refractivity contribution in [1.82, 2.24) is 9.80 Å². The highest BCUT2D eigenvalue weighted by atomic mass is 15.1. The molecule has 0 aromatic heterocycles. The Morgan fingerprint density at radius 3 is 0.846 bits per heavy atom. The van der Waals surface area contributed by atoms with Crippen LogP contribution in [0.2, 0.25) is 0 Å². The van der Waals surface area contributed by atoms with Gasteiger partial charge in [0.25, 0.3) is 0 Å². The van der Waals surface area contributed by atoms with Crippen LogP contribution in [0.3, 0.4) is 0 Å². The van der Waals surface area contributed by atoms with Crippen LogP contribution in [0.25, 0.3) is 0 Å². The summed E-state index contributed by atoms with van der Waals surface area (Å²) in [6.07, 6.45) is 0. The summed E-state index contributed by atoms with van der Waals surface area (Å²) in [6.45, 7) is 10.1. The molecule has 0 N–H and O–H groups in total. The van der Waals surface area contributed by atoms with Crippen molar-refractivity contribution >= 4 is 16.8 Å². The molecule has 13 heavy (non-hydrogen) atoms. The number of rotatable bonds is 3. The van der Waals surface area contributed by atoms with Crippen molar-refractivity contribution in [3.05, 3.63) is 0 Å². The van der Waals surface area contributed by atoms with Gasteiger partial charge in [0.15, 0.2) is 0 Å². The van der Waals surface area contributed by atoms with Crippen LogP contribution in [0.1, 0.15) is 20.8 Å². The van der Waals surface area contributed by atoms with Gasteiger partial charge in [0.05, 0.1) is 0 Å². The molecule has 0 unspecified atom stereocenters. The molecular weight excluding hydrogens is 158 g/mol. The zero-order valence-corrected chi connectivity index (χ0v) is 10.2. The van der Waals surface area contributed by atoms with Crippen molar-refractivity contribution in [3.8, 4) is 0 Å². The molecule has 0 aliphatic heterocycles. The molecule has 2 nitrogen and oxygen atoms in total. The first kappa shape index (κ1) is 23.1. The largest absolute Gasteiger partial charge is 0.312 e. The minimum atomic E-state index is 0. The lowest BCUT2D eigenvalue weighted by Crippen LogP contribution is -2.21. The summed E-state index contributed by atoms with van der Waals surface area (Å²) < 4.78 is 0. The van der Waals surface area contributed by atoms with Crippen LogP contribution in [0, 0.1) is 0 Å². The van der Waals surface area contributed by atoms with E-state index in [0.717, 1.165) is 0 Å². The van der Waals surface area contributed by atoms with Crippen LogP contribution < -0.4 is 0 Å².